The molecular formula is C9H21N3O. The van der Waals surface area contributed by atoms with Crippen LogP contribution in [0.3, 0.4) is 0 Å². The molecule has 0 aromatic carbocycles. The van der Waals surface area contributed by atoms with Crippen molar-refractivity contribution in [2.24, 2.45) is 0 Å². The van der Waals surface area contributed by atoms with Gasteiger partial charge in [0.2, 0.25) is 5.91 Å². The number of nitrogens with one attached hydrogen (secondary N) is 2. The molecule has 0 saturated carbocycles. The van der Waals surface area contributed by atoms with Crippen molar-refractivity contribution >= 4 is 5.91 Å². The van der Waals surface area contributed by atoms with Crippen LogP contribution < -0.4 is 10.6 Å². The van der Waals surface area contributed by atoms with E-state index >= 15 is 0 Å². The van der Waals surface area contributed by atoms with Crippen LogP contribution in [0.2, 0.25) is 0 Å². The molecule has 0 unspecified atom stereocenters. The summed E-state index contributed by atoms with van der Waals surface area (Å²) in [6, 6.07) is 0. The summed E-state index contributed by atoms with van der Waals surface area (Å²) in [5.74, 6) is 0.0227. The zero-order valence-corrected chi connectivity index (χ0v) is 9.27. The lowest BCUT2D eigenvalue weighted by molar-refractivity contribution is -0.119. The van der Waals surface area contributed by atoms with Crippen molar-refractivity contribution in [2.75, 3.05) is 34.2 Å². The van der Waals surface area contributed by atoms with Gasteiger partial charge in [-0.1, -0.05) is 0 Å². The molecule has 0 spiro atoms. The molecule has 1 amide bonds. The fourth-order valence-corrected chi connectivity index (χ4v) is 0.728. The Bertz CT molecular complexity index is 166. The minimum absolute atomic E-state index is 0.0227. The van der Waals surface area contributed by atoms with Crippen LogP contribution in [-0.4, -0.2) is 50.6 Å². The van der Waals surface area contributed by atoms with Crippen molar-refractivity contribution in [2.45, 2.75) is 19.4 Å². The van der Waals surface area contributed by atoms with E-state index in [0.29, 0.717) is 6.54 Å². The van der Waals surface area contributed by atoms with Crippen LogP contribution in [0.5, 0.6) is 0 Å². The van der Waals surface area contributed by atoms with E-state index in [9.17, 15) is 4.79 Å². The summed E-state index contributed by atoms with van der Waals surface area (Å²) in [5, 5.41) is 5.67. The molecule has 0 saturated heterocycles. The average molecular weight is 187 g/mol. The van der Waals surface area contributed by atoms with Gasteiger partial charge >= 0.3 is 0 Å². The Hall–Kier alpha value is -0.610. The molecule has 0 aliphatic heterocycles. The van der Waals surface area contributed by atoms with Crippen LogP contribution >= 0.6 is 0 Å². The second kappa shape index (κ2) is 5.19. The fraction of sp³-hybridized carbons (Fsp3) is 0.889. The first kappa shape index (κ1) is 12.4. The van der Waals surface area contributed by atoms with Crippen LogP contribution in [0, 0.1) is 0 Å². The maximum atomic E-state index is 10.9. The number of nitrogens with zero attached hydrogens (tertiary/aromatic N) is 1. The summed E-state index contributed by atoms with van der Waals surface area (Å²) in [7, 11) is 5.70. The third-order valence-electron chi connectivity index (χ3n) is 2.33. The van der Waals surface area contributed by atoms with Gasteiger partial charge in [0.1, 0.15) is 0 Å². The molecular weight excluding hydrogens is 166 g/mol. The van der Waals surface area contributed by atoms with Gasteiger partial charge in [-0.15, -0.1) is 0 Å². The predicted octanol–water partition coefficient (Wildman–Crippen LogP) is -0.338. The van der Waals surface area contributed by atoms with E-state index in [-0.39, 0.29) is 11.4 Å². The molecule has 0 aliphatic carbocycles. The average Bonchev–Trinajstić information content (AvgIpc) is 2.03. The standard InChI is InChI=1S/C9H21N3O/c1-9(2,12(4)5)7-11-6-8(13)10-3/h11H,6-7H2,1-5H3,(H,10,13). The Balaban J connectivity index is 3.70. The molecule has 0 fully saturated rings. The van der Waals surface area contributed by atoms with Gasteiger partial charge < -0.3 is 15.5 Å². The van der Waals surface area contributed by atoms with Crippen LogP contribution in [0.1, 0.15) is 13.8 Å². The topological polar surface area (TPSA) is 44.4 Å². The number of hydrogen-bond acceptors (Lipinski definition) is 3. The molecule has 0 radical (unpaired) electrons. The smallest absolute Gasteiger partial charge is 0.233 e. The monoisotopic (exact) mass is 187 g/mol. The highest BCUT2D eigenvalue weighted by atomic mass is 16.1. The van der Waals surface area contributed by atoms with Gasteiger partial charge in [0.25, 0.3) is 0 Å². The molecule has 0 rings (SSSR count). The van der Waals surface area contributed by atoms with Crippen molar-refractivity contribution in [3.05, 3.63) is 0 Å². The highest BCUT2D eigenvalue weighted by Gasteiger charge is 2.19. The molecule has 0 aromatic heterocycles. The summed E-state index contributed by atoms with van der Waals surface area (Å²) >= 11 is 0. The quantitative estimate of drug-likeness (QED) is 0.619. The minimum atomic E-state index is 0.0227. The van der Waals surface area contributed by atoms with Crippen LogP contribution in [0.25, 0.3) is 0 Å². The lowest BCUT2D eigenvalue weighted by Gasteiger charge is -2.32. The van der Waals surface area contributed by atoms with E-state index < -0.39 is 0 Å². The van der Waals surface area contributed by atoms with Gasteiger partial charge in [-0.2, -0.15) is 0 Å². The van der Waals surface area contributed by atoms with E-state index in [2.05, 4.69) is 29.4 Å². The van der Waals surface area contributed by atoms with Gasteiger partial charge in [-0.25, -0.2) is 0 Å². The largest absolute Gasteiger partial charge is 0.358 e. The Morgan fingerprint density at radius 2 is 1.92 bits per heavy atom. The maximum Gasteiger partial charge on any atom is 0.233 e. The molecule has 0 aliphatic rings. The molecule has 13 heavy (non-hydrogen) atoms. The first-order valence-electron chi connectivity index (χ1n) is 4.49. The lowest BCUT2D eigenvalue weighted by Crippen LogP contribution is -2.48. The zero-order valence-electron chi connectivity index (χ0n) is 9.27. The van der Waals surface area contributed by atoms with Crippen molar-refractivity contribution in [3.63, 3.8) is 0 Å². The maximum absolute atomic E-state index is 10.9. The Labute approximate surface area is 80.7 Å². The second-order valence-corrected chi connectivity index (χ2v) is 3.98. The van der Waals surface area contributed by atoms with Crippen molar-refractivity contribution < 1.29 is 4.79 Å². The number of amides is 1. The number of likely N-dealkylation sites (N-methyl/N-ethyl adjacent to an activating group) is 2. The SMILES string of the molecule is CNC(=O)CNCC(C)(C)N(C)C. The molecule has 0 heterocycles. The number of carbonyl (C=O) groups is 1. The number of hydrogen-bond donors (Lipinski definition) is 2. The molecule has 2 N–H and O–H groups in total. The zero-order chi connectivity index (χ0) is 10.5. The third-order valence-corrected chi connectivity index (χ3v) is 2.33. The lowest BCUT2D eigenvalue weighted by atomic mass is 10.0. The van der Waals surface area contributed by atoms with E-state index in [4.69, 9.17) is 0 Å². The van der Waals surface area contributed by atoms with Crippen molar-refractivity contribution in [1.29, 1.82) is 0 Å². The highest BCUT2D eigenvalue weighted by Crippen LogP contribution is 2.07. The first-order chi connectivity index (χ1) is 5.90. The molecule has 4 nitrogen and oxygen atoms in total. The summed E-state index contributed by atoms with van der Waals surface area (Å²) in [6.07, 6.45) is 0. The van der Waals surface area contributed by atoms with Crippen molar-refractivity contribution in [3.8, 4) is 0 Å². The molecule has 4 heteroatoms. The normalized spacial score (nSPS) is 11.8. The summed E-state index contributed by atoms with van der Waals surface area (Å²) in [4.78, 5) is 13.0. The second-order valence-electron chi connectivity index (χ2n) is 3.98. The number of rotatable bonds is 5. The van der Waals surface area contributed by atoms with E-state index in [1.165, 1.54) is 0 Å². The Kier molecular flexibility index (Phi) is 4.95. The number of carbonyl (C=O) groups excluding carboxylic acids is 1. The van der Waals surface area contributed by atoms with Crippen molar-refractivity contribution in [1.82, 2.24) is 15.5 Å². The minimum Gasteiger partial charge on any atom is -0.358 e. The molecule has 0 bridgehead atoms. The molecule has 78 valence electrons. The summed E-state index contributed by atoms with van der Waals surface area (Å²) < 4.78 is 0. The van der Waals surface area contributed by atoms with Crippen LogP contribution in [0.15, 0.2) is 0 Å². The first-order valence-corrected chi connectivity index (χ1v) is 4.49. The van der Waals surface area contributed by atoms with Gasteiger partial charge in [0, 0.05) is 19.1 Å². The van der Waals surface area contributed by atoms with E-state index in [1.54, 1.807) is 7.05 Å². The van der Waals surface area contributed by atoms with Gasteiger partial charge in [0.15, 0.2) is 0 Å². The summed E-state index contributed by atoms with van der Waals surface area (Å²) in [6.45, 7) is 5.44. The van der Waals surface area contributed by atoms with Gasteiger partial charge in [0.05, 0.1) is 6.54 Å². The van der Waals surface area contributed by atoms with Gasteiger partial charge in [-0.05, 0) is 27.9 Å². The fourth-order valence-electron chi connectivity index (χ4n) is 0.728. The van der Waals surface area contributed by atoms with Crippen LogP contribution in [0.4, 0.5) is 0 Å². The molecule has 0 atom stereocenters. The third kappa shape index (κ3) is 4.85. The Morgan fingerprint density at radius 3 is 2.31 bits per heavy atom. The van der Waals surface area contributed by atoms with Gasteiger partial charge in [-0.3, -0.25) is 4.79 Å². The summed E-state index contributed by atoms with van der Waals surface area (Å²) in [5.41, 5.74) is 0.0774. The van der Waals surface area contributed by atoms with E-state index in [1.807, 2.05) is 14.1 Å². The Morgan fingerprint density at radius 1 is 1.38 bits per heavy atom. The predicted molar refractivity (Wildman–Crippen MR) is 54.7 cm³/mol. The highest BCUT2D eigenvalue weighted by molar-refractivity contribution is 5.77. The molecule has 0 aromatic rings. The van der Waals surface area contributed by atoms with E-state index in [0.717, 1.165) is 6.54 Å². The van der Waals surface area contributed by atoms with Crippen LogP contribution in [-0.2, 0) is 4.79 Å².